The van der Waals surface area contributed by atoms with Crippen molar-refractivity contribution in [2.75, 3.05) is 11.5 Å². The molecule has 5 nitrogen and oxygen atoms in total. The van der Waals surface area contributed by atoms with E-state index in [1.54, 1.807) is 6.20 Å². The number of aromatic nitrogens is 2. The highest BCUT2D eigenvalue weighted by molar-refractivity contribution is 5.81. The number of nitrogens with one attached hydrogen (secondary N) is 1. The van der Waals surface area contributed by atoms with Crippen molar-refractivity contribution in [2.24, 2.45) is 0 Å². The van der Waals surface area contributed by atoms with Crippen LogP contribution in [-0.4, -0.2) is 10.2 Å². The van der Waals surface area contributed by atoms with Gasteiger partial charge in [-0.05, 0) is 41.0 Å². The van der Waals surface area contributed by atoms with Crippen LogP contribution in [0.1, 0.15) is 5.56 Å². The molecule has 4 aromatic rings. The molecule has 1 heterocycles. The first kappa shape index (κ1) is 16.7. The number of ether oxygens (including phenoxy) is 1. The van der Waals surface area contributed by atoms with E-state index < -0.39 is 0 Å². The quantitative estimate of drug-likeness (QED) is 0.460. The van der Waals surface area contributed by atoms with Crippen molar-refractivity contribution in [3.63, 3.8) is 0 Å². The standard InChI is InChI=1S/C22H20N4O/c23-18-8-4-7-16(11-18)19-12-17(20-13-25-26-22(20)24)9-10-21(19)27-14-15-5-2-1-3-6-15/h1-13H,14,23H2,(H3,24,25,26). The van der Waals surface area contributed by atoms with E-state index in [9.17, 15) is 0 Å². The summed E-state index contributed by atoms with van der Waals surface area (Å²) in [5.74, 6) is 1.32. The fourth-order valence-corrected chi connectivity index (χ4v) is 3.02. The van der Waals surface area contributed by atoms with Crippen molar-refractivity contribution in [3.05, 3.63) is 84.6 Å². The zero-order chi connectivity index (χ0) is 18.6. The number of hydrogen-bond donors (Lipinski definition) is 3. The zero-order valence-corrected chi connectivity index (χ0v) is 14.7. The number of H-pyrrole nitrogens is 1. The minimum atomic E-state index is 0.489. The Labute approximate surface area is 157 Å². The topological polar surface area (TPSA) is 90.0 Å². The Morgan fingerprint density at radius 1 is 0.815 bits per heavy atom. The minimum absolute atomic E-state index is 0.489. The van der Waals surface area contributed by atoms with Crippen LogP contribution in [0.2, 0.25) is 0 Å². The molecule has 0 spiro atoms. The molecular weight excluding hydrogens is 336 g/mol. The lowest BCUT2D eigenvalue weighted by molar-refractivity contribution is 0.307. The van der Waals surface area contributed by atoms with Crippen molar-refractivity contribution in [2.45, 2.75) is 6.61 Å². The van der Waals surface area contributed by atoms with Crippen molar-refractivity contribution in [1.82, 2.24) is 10.2 Å². The molecule has 1 aromatic heterocycles. The van der Waals surface area contributed by atoms with Crippen LogP contribution in [0.5, 0.6) is 5.75 Å². The largest absolute Gasteiger partial charge is 0.488 e. The van der Waals surface area contributed by atoms with E-state index in [-0.39, 0.29) is 0 Å². The Balaban J connectivity index is 1.74. The van der Waals surface area contributed by atoms with Gasteiger partial charge < -0.3 is 16.2 Å². The molecule has 5 heteroatoms. The van der Waals surface area contributed by atoms with Crippen LogP contribution >= 0.6 is 0 Å². The van der Waals surface area contributed by atoms with Gasteiger partial charge in [0.25, 0.3) is 0 Å². The van der Waals surface area contributed by atoms with E-state index in [1.807, 2.05) is 66.7 Å². The Bertz CT molecular complexity index is 1060. The van der Waals surface area contributed by atoms with Crippen molar-refractivity contribution >= 4 is 11.5 Å². The molecule has 27 heavy (non-hydrogen) atoms. The highest BCUT2D eigenvalue weighted by Crippen LogP contribution is 2.36. The van der Waals surface area contributed by atoms with E-state index in [2.05, 4.69) is 16.3 Å². The fraction of sp³-hybridized carbons (Fsp3) is 0.0455. The number of rotatable bonds is 5. The molecule has 0 aliphatic carbocycles. The van der Waals surface area contributed by atoms with Crippen LogP contribution in [0.4, 0.5) is 11.5 Å². The van der Waals surface area contributed by atoms with E-state index in [0.29, 0.717) is 18.1 Å². The third kappa shape index (κ3) is 3.62. The number of hydrogen-bond acceptors (Lipinski definition) is 4. The molecule has 5 N–H and O–H groups in total. The lowest BCUT2D eigenvalue weighted by Crippen LogP contribution is -1.98. The number of benzene rings is 3. The summed E-state index contributed by atoms with van der Waals surface area (Å²) in [7, 11) is 0. The second kappa shape index (κ2) is 7.25. The van der Waals surface area contributed by atoms with Gasteiger partial charge in [0, 0.05) is 16.8 Å². The molecule has 134 valence electrons. The number of aromatic amines is 1. The predicted molar refractivity (Wildman–Crippen MR) is 109 cm³/mol. The lowest BCUT2D eigenvalue weighted by atomic mass is 9.99. The summed E-state index contributed by atoms with van der Waals surface area (Å²) < 4.78 is 6.12. The van der Waals surface area contributed by atoms with Gasteiger partial charge in [0.15, 0.2) is 0 Å². The van der Waals surface area contributed by atoms with Crippen LogP contribution in [0.15, 0.2) is 79.0 Å². The second-order valence-electron chi connectivity index (χ2n) is 6.31. The van der Waals surface area contributed by atoms with Crippen LogP contribution in [-0.2, 0) is 6.61 Å². The molecule has 0 bridgehead atoms. The molecule has 4 rings (SSSR count). The summed E-state index contributed by atoms with van der Waals surface area (Å²) in [5.41, 5.74) is 17.6. The lowest BCUT2D eigenvalue weighted by Gasteiger charge is -2.14. The molecule has 0 aliphatic heterocycles. The number of nitrogens with two attached hydrogens (primary N) is 2. The van der Waals surface area contributed by atoms with Gasteiger partial charge in [-0.15, -0.1) is 0 Å². The number of nitrogen functional groups attached to an aromatic ring is 2. The zero-order valence-electron chi connectivity index (χ0n) is 14.7. The third-order valence-corrected chi connectivity index (χ3v) is 4.39. The van der Waals surface area contributed by atoms with Gasteiger partial charge in [0.05, 0.1) is 6.20 Å². The molecular formula is C22H20N4O. The smallest absolute Gasteiger partial charge is 0.127 e. The fourth-order valence-electron chi connectivity index (χ4n) is 3.02. The summed E-state index contributed by atoms with van der Waals surface area (Å²) in [6.07, 6.45) is 1.72. The highest BCUT2D eigenvalue weighted by Gasteiger charge is 2.12. The molecule has 0 amide bonds. The van der Waals surface area contributed by atoms with Crippen molar-refractivity contribution in [1.29, 1.82) is 0 Å². The summed E-state index contributed by atoms with van der Waals surface area (Å²) in [5, 5.41) is 6.79. The minimum Gasteiger partial charge on any atom is -0.488 e. The Morgan fingerprint density at radius 2 is 1.63 bits per heavy atom. The summed E-state index contributed by atoms with van der Waals surface area (Å²) in [6, 6.07) is 23.8. The first-order chi connectivity index (χ1) is 13.2. The van der Waals surface area contributed by atoms with E-state index in [4.69, 9.17) is 16.2 Å². The predicted octanol–water partition coefficient (Wildman–Crippen LogP) is 4.49. The highest BCUT2D eigenvalue weighted by atomic mass is 16.5. The SMILES string of the molecule is Nc1cccc(-c2cc(-c3cn[nH]c3N)ccc2OCc2ccccc2)c1. The molecule has 0 aliphatic rings. The summed E-state index contributed by atoms with van der Waals surface area (Å²) in [4.78, 5) is 0. The maximum Gasteiger partial charge on any atom is 0.127 e. The van der Waals surface area contributed by atoms with E-state index >= 15 is 0 Å². The monoisotopic (exact) mass is 356 g/mol. The molecule has 0 radical (unpaired) electrons. The molecule has 0 fully saturated rings. The van der Waals surface area contributed by atoms with Crippen LogP contribution in [0.3, 0.4) is 0 Å². The van der Waals surface area contributed by atoms with Crippen molar-refractivity contribution in [3.8, 4) is 28.0 Å². The van der Waals surface area contributed by atoms with Gasteiger partial charge in [-0.3, -0.25) is 5.10 Å². The van der Waals surface area contributed by atoms with Crippen molar-refractivity contribution < 1.29 is 4.74 Å². The van der Waals surface area contributed by atoms with Crippen LogP contribution in [0, 0.1) is 0 Å². The molecule has 3 aromatic carbocycles. The summed E-state index contributed by atoms with van der Waals surface area (Å²) >= 11 is 0. The molecule has 0 saturated heterocycles. The van der Waals surface area contributed by atoms with Crippen LogP contribution in [0.25, 0.3) is 22.3 Å². The molecule has 0 atom stereocenters. The normalized spacial score (nSPS) is 10.7. The number of nitrogens with zero attached hydrogens (tertiary/aromatic N) is 1. The number of anilines is 2. The summed E-state index contributed by atoms with van der Waals surface area (Å²) in [6.45, 7) is 0.489. The van der Waals surface area contributed by atoms with Crippen LogP contribution < -0.4 is 16.2 Å². The maximum absolute atomic E-state index is 6.12. The van der Waals surface area contributed by atoms with Gasteiger partial charge >= 0.3 is 0 Å². The first-order valence-corrected chi connectivity index (χ1v) is 8.66. The Kier molecular flexibility index (Phi) is 4.49. The average molecular weight is 356 g/mol. The Hall–Kier alpha value is -3.73. The van der Waals surface area contributed by atoms with E-state index in [1.165, 1.54) is 0 Å². The molecule has 0 saturated carbocycles. The maximum atomic E-state index is 6.12. The average Bonchev–Trinajstić information content (AvgIpc) is 3.13. The molecule has 0 unspecified atom stereocenters. The van der Waals surface area contributed by atoms with Gasteiger partial charge in [0.2, 0.25) is 0 Å². The van der Waals surface area contributed by atoms with Gasteiger partial charge in [-0.25, -0.2) is 0 Å². The van der Waals surface area contributed by atoms with Gasteiger partial charge in [-0.2, -0.15) is 5.10 Å². The van der Waals surface area contributed by atoms with Gasteiger partial charge in [0.1, 0.15) is 18.2 Å². The van der Waals surface area contributed by atoms with Gasteiger partial charge in [-0.1, -0.05) is 48.5 Å². The first-order valence-electron chi connectivity index (χ1n) is 8.66. The Morgan fingerprint density at radius 3 is 2.37 bits per heavy atom. The second-order valence-corrected chi connectivity index (χ2v) is 6.31. The van der Waals surface area contributed by atoms with E-state index in [0.717, 1.165) is 33.6 Å². The third-order valence-electron chi connectivity index (χ3n) is 4.39.